The number of unbranched alkanes of at least 4 members (excludes halogenated alkanes) is 18. The lowest BCUT2D eigenvalue weighted by atomic mass is 9.93. The van der Waals surface area contributed by atoms with Crippen molar-refractivity contribution in [2.45, 2.75) is 291 Å². The van der Waals surface area contributed by atoms with Crippen LogP contribution in [-0.4, -0.2) is 94.3 Å². The Morgan fingerprint density at radius 2 is 0.417 bits per heavy atom. The van der Waals surface area contributed by atoms with Crippen molar-refractivity contribution in [1.29, 1.82) is 0 Å². The standard InChI is InChI=1S/C33H32N4O2.C33H48N4O2.C26H16F2N4O.C26H32F2N4O/c1-5-6-7-14-19-38-33-22(4)28-32(37-39-36-28)25-20(2)21(3)27-31(26(25)33)35-30(24-17-12-9-13-18-24)29(34-27)23-15-10-8-11-16-23;1-7-10-13-16-19-25-26(20-17-14-11-8-2)35-31-28-27(22(4)23(5)29(31)34-25)32-30(36-39-37-32)24(6)33(28)38-21-18-15-12-9-3;1-13-19(27)18-17(20(28)14(2)22-26(18)32-33-31-22)25-21(13)29-23(15-9-5-3-6-10-15)24(30-25)16-11-7-4-8-12-16;1-5-7-9-11-13-17-18(14-12-10-8-6-2)30-25-19-20(21(27)15(3)23(25)29-17)26-24(31-33-32-26)16(4)22(19)28/h8-13,15-18H,5-7,14,19H2,1-4H3;7-21H2,1-6H3;3-12H,1-2H3;5-14H2,1-4H3. The molecule has 144 heavy (non-hydrogen) atoms. The number of aromatic nitrogens is 16. The largest absolute Gasteiger partial charge is 0.492 e. The first-order valence-corrected chi connectivity index (χ1v) is 51.9. The Morgan fingerprint density at radius 1 is 0.201 bits per heavy atom. The van der Waals surface area contributed by atoms with E-state index >= 15 is 17.6 Å². The van der Waals surface area contributed by atoms with Crippen LogP contribution in [0.5, 0.6) is 11.5 Å². The number of fused-ring (bicyclic) bond motifs is 20. The minimum Gasteiger partial charge on any atom is -0.492 e. The SMILES string of the molecule is CCCCCCOc1c(C)c2nonc2c2c(C)c(C)c3nc(-c4ccccc4)c(-c4ccccc4)nc3c12.CCCCCCOc1c(C)c2nonc2c2c(C)c(C)c3nc(CCCCCC)c(CCCCCC)nc3c12.CCCCCCc1nc2c(C)c(F)c3c4nonc4c(C)c(F)c3c2nc1CCCCCC.Cc1c(F)c2c3nonc3c(C)c(F)c2c2nc(-c3ccccc3)c(-c3ccccc3)nc12. The van der Waals surface area contributed by atoms with E-state index in [1.807, 2.05) is 104 Å². The summed E-state index contributed by atoms with van der Waals surface area (Å²) >= 11 is 0. The van der Waals surface area contributed by atoms with Gasteiger partial charge >= 0.3 is 0 Å². The second kappa shape index (κ2) is 46.1. The summed E-state index contributed by atoms with van der Waals surface area (Å²) in [4.78, 5) is 41.1. The van der Waals surface area contributed by atoms with Crippen molar-refractivity contribution < 1.29 is 45.6 Å². The maximum absolute atomic E-state index is 15.7. The second-order valence-corrected chi connectivity index (χ2v) is 38.4. The number of rotatable bonds is 36. The van der Waals surface area contributed by atoms with Crippen LogP contribution in [-0.2, 0) is 25.7 Å². The zero-order chi connectivity index (χ0) is 101. The molecule has 0 N–H and O–H groups in total. The second-order valence-electron chi connectivity index (χ2n) is 38.4. The van der Waals surface area contributed by atoms with E-state index in [9.17, 15) is 0 Å². The predicted octanol–water partition coefficient (Wildman–Crippen LogP) is 32.0. The first-order valence-electron chi connectivity index (χ1n) is 51.9. The molecule has 22 nitrogen and oxygen atoms in total. The monoisotopic (exact) mass is 1940 g/mol. The first kappa shape index (κ1) is 101. The molecule has 20 rings (SSSR count). The molecular weight excluding hydrogens is 1810 g/mol. The van der Waals surface area contributed by atoms with E-state index in [4.69, 9.17) is 67.9 Å². The highest BCUT2D eigenvalue weighted by atomic mass is 19.1. The Morgan fingerprint density at radius 3 is 0.722 bits per heavy atom. The fourth-order valence-electron chi connectivity index (χ4n) is 20.1. The minimum atomic E-state index is -0.613. The number of aryl methyl sites for hydroxylation is 14. The maximum Gasteiger partial charge on any atom is 0.146 e. The van der Waals surface area contributed by atoms with E-state index in [1.54, 1.807) is 27.7 Å². The van der Waals surface area contributed by atoms with Gasteiger partial charge < -0.3 is 9.47 Å². The summed E-state index contributed by atoms with van der Waals surface area (Å²) in [5.74, 6) is -0.660. The van der Waals surface area contributed by atoms with Crippen LogP contribution in [0.1, 0.15) is 274 Å². The van der Waals surface area contributed by atoms with Crippen LogP contribution in [0.2, 0.25) is 0 Å². The lowest BCUT2D eigenvalue weighted by Crippen LogP contribution is -2.07. The van der Waals surface area contributed by atoms with Crippen LogP contribution in [0.3, 0.4) is 0 Å². The summed E-state index contributed by atoms with van der Waals surface area (Å²) in [6.45, 7) is 33.7. The molecule has 0 spiro atoms. The third-order valence-electron chi connectivity index (χ3n) is 28.5. The van der Waals surface area contributed by atoms with E-state index < -0.39 is 23.3 Å². The van der Waals surface area contributed by atoms with E-state index in [2.05, 4.69) is 142 Å². The van der Waals surface area contributed by atoms with Crippen LogP contribution >= 0.6 is 0 Å². The van der Waals surface area contributed by atoms with Crippen molar-refractivity contribution in [3.63, 3.8) is 0 Å². The molecule has 744 valence electrons. The minimum absolute atomic E-state index is 0.000114. The molecule has 0 atom stereocenters. The van der Waals surface area contributed by atoms with Crippen molar-refractivity contribution >= 4 is 131 Å². The number of ether oxygens (including phenoxy) is 2. The number of hydrogen-bond acceptors (Lipinski definition) is 22. The Labute approximate surface area is 836 Å². The normalized spacial score (nSPS) is 11.8. The molecule has 12 aromatic carbocycles. The maximum atomic E-state index is 15.7. The zero-order valence-electron chi connectivity index (χ0n) is 85.9. The molecule has 0 saturated heterocycles. The molecule has 26 heteroatoms. The third-order valence-corrected chi connectivity index (χ3v) is 28.5. The van der Waals surface area contributed by atoms with Gasteiger partial charge in [0.15, 0.2) is 0 Å². The molecule has 0 bridgehead atoms. The highest BCUT2D eigenvalue weighted by molar-refractivity contribution is 6.23. The number of halogens is 4. The van der Waals surface area contributed by atoms with Gasteiger partial charge in [-0.3, -0.25) is 0 Å². The van der Waals surface area contributed by atoms with Gasteiger partial charge in [-0.1, -0.05) is 278 Å². The molecule has 8 heterocycles. The molecular formula is C118H128F4N16O6. The molecule has 0 aliphatic rings. The summed E-state index contributed by atoms with van der Waals surface area (Å²) in [5.41, 5.74) is 27.0. The van der Waals surface area contributed by atoms with Crippen LogP contribution < -0.4 is 9.47 Å². The van der Waals surface area contributed by atoms with Crippen molar-refractivity contribution in [2.24, 2.45) is 0 Å². The smallest absolute Gasteiger partial charge is 0.146 e. The molecule has 0 fully saturated rings. The molecule has 0 amide bonds. The van der Waals surface area contributed by atoms with Gasteiger partial charge in [-0.05, 0) is 197 Å². The number of nitrogens with zero attached hydrogens (tertiary/aromatic N) is 16. The van der Waals surface area contributed by atoms with Gasteiger partial charge in [0, 0.05) is 66.4 Å². The van der Waals surface area contributed by atoms with Gasteiger partial charge in [0.05, 0.1) is 113 Å². The number of benzene rings is 12. The predicted molar refractivity (Wildman–Crippen MR) is 569 cm³/mol. The van der Waals surface area contributed by atoms with Gasteiger partial charge in [-0.25, -0.2) is 75.9 Å². The third kappa shape index (κ3) is 20.1. The van der Waals surface area contributed by atoms with Gasteiger partial charge in [-0.15, -0.1) is 0 Å². The highest BCUT2D eigenvalue weighted by Gasteiger charge is 2.33. The lowest BCUT2D eigenvalue weighted by Gasteiger charge is -2.19. The average Bonchev–Trinajstić information content (AvgIpc) is 1.22. The summed E-state index contributed by atoms with van der Waals surface area (Å²) < 4.78 is 95.8. The van der Waals surface area contributed by atoms with Gasteiger partial charge in [0.2, 0.25) is 0 Å². The zero-order valence-corrected chi connectivity index (χ0v) is 85.9. The fourth-order valence-corrected chi connectivity index (χ4v) is 20.1. The number of hydrogen-bond donors (Lipinski definition) is 0. The van der Waals surface area contributed by atoms with Gasteiger partial charge in [-0.2, -0.15) is 0 Å². The molecule has 0 saturated carbocycles. The topological polar surface area (TPSA) is 277 Å². The summed E-state index contributed by atoms with van der Waals surface area (Å²) in [6.07, 6.45) is 31.4. The summed E-state index contributed by atoms with van der Waals surface area (Å²) in [6, 6.07) is 39.6. The van der Waals surface area contributed by atoms with Crippen molar-refractivity contribution in [2.75, 3.05) is 13.2 Å². The summed E-state index contributed by atoms with van der Waals surface area (Å²) in [5, 5.41) is 36.7. The first-order chi connectivity index (χ1) is 70.2. The fraction of sp³-hybridized carbons (Fsp3) is 0.390. The Bertz CT molecular complexity index is 8060. The van der Waals surface area contributed by atoms with E-state index in [0.717, 1.165) is 258 Å². The Kier molecular flexibility index (Phi) is 32.5. The lowest BCUT2D eigenvalue weighted by molar-refractivity contribution is 0.306. The van der Waals surface area contributed by atoms with Crippen LogP contribution in [0.4, 0.5) is 17.6 Å². The molecule has 8 aromatic heterocycles. The van der Waals surface area contributed by atoms with E-state index in [1.165, 1.54) is 89.2 Å². The van der Waals surface area contributed by atoms with Crippen molar-refractivity contribution in [3.05, 3.63) is 223 Å². The average molecular weight is 1940 g/mol. The van der Waals surface area contributed by atoms with Gasteiger partial charge in [0.25, 0.3) is 0 Å². The Hall–Kier alpha value is -14.0. The van der Waals surface area contributed by atoms with Crippen LogP contribution in [0.25, 0.3) is 176 Å². The van der Waals surface area contributed by atoms with Crippen LogP contribution in [0.15, 0.2) is 140 Å². The summed E-state index contributed by atoms with van der Waals surface area (Å²) in [7, 11) is 0. The Balaban J connectivity index is 0.000000132. The molecule has 0 unspecified atom stereocenters. The molecule has 0 aliphatic heterocycles. The van der Waals surface area contributed by atoms with Crippen molar-refractivity contribution in [1.82, 2.24) is 81.1 Å². The molecule has 0 aliphatic carbocycles. The molecule has 0 radical (unpaired) electrons. The molecule has 20 aromatic rings. The van der Waals surface area contributed by atoms with E-state index in [0.29, 0.717) is 46.7 Å². The quantitative estimate of drug-likeness (QED) is 0.0200. The van der Waals surface area contributed by atoms with Gasteiger partial charge in [0.1, 0.15) is 101 Å². The van der Waals surface area contributed by atoms with Crippen molar-refractivity contribution in [3.8, 4) is 56.5 Å². The highest BCUT2D eigenvalue weighted by Crippen LogP contribution is 2.49. The van der Waals surface area contributed by atoms with E-state index in [-0.39, 0.29) is 65.8 Å². The van der Waals surface area contributed by atoms with Crippen LogP contribution in [0, 0.1) is 92.5 Å².